The molecule has 3 rings (SSSR count). The predicted molar refractivity (Wildman–Crippen MR) is 126 cm³/mol. The molecule has 0 bridgehead atoms. The highest BCUT2D eigenvalue weighted by Crippen LogP contribution is 2.29. The van der Waals surface area contributed by atoms with E-state index in [1.54, 1.807) is 19.4 Å². The minimum Gasteiger partial charge on any atom is -0.493 e. The molecule has 0 spiro atoms. The van der Waals surface area contributed by atoms with Gasteiger partial charge in [0.05, 0.1) is 13.7 Å². The van der Waals surface area contributed by atoms with E-state index >= 15 is 0 Å². The maximum absolute atomic E-state index is 12.7. The molecule has 1 aromatic carbocycles. The molecule has 1 amide bonds. The Morgan fingerprint density at radius 3 is 2.61 bits per heavy atom. The minimum atomic E-state index is -3.58. The van der Waals surface area contributed by atoms with Crippen LogP contribution in [0.5, 0.6) is 11.5 Å². The Bertz CT molecular complexity index is 1020. The predicted octanol–water partition coefficient (Wildman–Crippen LogP) is 3.23. The number of rotatable bonds is 10. The fraction of sp³-hybridized carbons (Fsp3) is 0.500. The van der Waals surface area contributed by atoms with E-state index < -0.39 is 10.0 Å². The fourth-order valence-corrected chi connectivity index (χ4v) is 5.12. The molecule has 1 N–H and O–H groups in total. The summed E-state index contributed by atoms with van der Waals surface area (Å²) in [7, 11) is -1.98. The number of ether oxygens (including phenoxy) is 2. The van der Waals surface area contributed by atoms with E-state index in [-0.39, 0.29) is 16.7 Å². The molecule has 0 aliphatic carbocycles. The third-order valence-electron chi connectivity index (χ3n) is 5.74. The summed E-state index contributed by atoms with van der Waals surface area (Å²) >= 11 is 0. The molecular formula is C24H33N3O5S. The van der Waals surface area contributed by atoms with Crippen LogP contribution in [0.3, 0.4) is 0 Å². The second-order valence-corrected chi connectivity index (χ2v) is 10.5. The standard InChI is InChI=1S/C24H33N3O5S/c1-18(2)10-14-32-22-7-6-19(15-23(22)31-3)16-26-24(28)20-8-12-27(13-9-20)33(29,30)21-5-4-11-25-17-21/h4-7,11,15,17-18,20H,8-10,12-14,16H2,1-3H3,(H,26,28). The van der Waals surface area contributed by atoms with Gasteiger partial charge >= 0.3 is 0 Å². The zero-order valence-electron chi connectivity index (χ0n) is 19.5. The van der Waals surface area contributed by atoms with Crippen LogP contribution in [0.4, 0.5) is 0 Å². The summed E-state index contributed by atoms with van der Waals surface area (Å²) in [5.41, 5.74) is 0.910. The SMILES string of the molecule is COc1cc(CNC(=O)C2CCN(S(=O)(=O)c3cccnc3)CC2)ccc1OCCC(C)C. The number of piperidine rings is 1. The van der Waals surface area contributed by atoms with Gasteiger partial charge in [-0.25, -0.2) is 8.42 Å². The molecule has 1 fully saturated rings. The lowest BCUT2D eigenvalue weighted by Crippen LogP contribution is -2.42. The number of sulfonamides is 1. The van der Waals surface area contributed by atoms with Gasteiger partial charge in [-0.3, -0.25) is 9.78 Å². The molecular weight excluding hydrogens is 442 g/mol. The first-order valence-corrected chi connectivity index (χ1v) is 12.7. The molecule has 8 nitrogen and oxygen atoms in total. The van der Waals surface area contributed by atoms with Crippen LogP contribution in [-0.4, -0.2) is 50.4 Å². The van der Waals surface area contributed by atoms with E-state index in [0.717, 1.165) is 12.0 Å². The van der Waals surface area contributed by atoms with Crippen molar-refractivity contribution in [2.24, 2.45) is 11.8 Å². The quantitative estimate of drug-likeness (QED) is 0.567. The van der Waals surface area contributed by atoms with Crippen molar-refractivity contribution in [3.05, 3.63) is 48.3 Å². The van der Waals surface area contributed by atoms with Gasteiger partial charge in [0, 0.05) is 37.9 Å². The smallest absolute Gasteiger partial charge is 0.244 e. The van der Waals surface area contributed by atoms with Gasteiger partial charge in [-0.15, -0.1) is 0 Å². The van der Waals surface area contributed by atoms with Crippen LogP contribution >= 0.6 is 0 Å². The number of pyridine rings is 1. The van der Waals surface area contributed by atoms with Gasteiger partial charge in [-0.1, -0.05) is 19.9 Å². The summed E-state index contributed by atoms with van der Waals surface area (Å²) in [6.07, 6.45) is 4.82. The number of aromatic nitrogens is 1. The van der Waals surface area contributed by atoms with Crippen LogP contribution in [0, 0.1) is 11.8 Å². The Kier molecular flexibility index (Phi) is 8.68. The van der Waals surface area contributed by atoms with Crippen LogP contribution in [-0.2, 0) is 21.4 Å². The van der Waals surface area contributed by atoms with Crippen LogP contribution in [0.2, 0.25) is 0 Å². The van der Waals surface area contributed by atoms with Gasteiger partial charge in [-0.2, -0.15) is 4.31 Å². The molecule has 1 aromatic heterocycles. The third kappa shape index (κ3) is 6.68. The number of hydrogen-bond acceptors (Lipinski definition) is 6. The van der Waals surface area contributed by atoms with E-state index in [1.165, 1.54) is 16.6 Å². The average molecular weight is 476 g/mol. The molecule has 0 saturated carbocycles. The molecule has 1 aliphatic heterocycles. The normalized spacial score (nSPS) is 15.4. The Morgan fingerprint density at radius 2 is 1.97 bits per heavy atom. The van der Waals surface area contributed by atoms with Crippen LogP contribution in [0.1, 0.15) is 38.7 Å². The first kappa shape index (κ1) is 25.0. The molecule has 180 valence electrons. The number of nitrogens with one attached hydrogen (secondary N) is 1. The highest BCUT2D eigenvalue weighted by molar-refractivity contribution is 7.89. The minimum absolute atomic E-state index is 0.0651. The Morgan fingerprint density at radius 1 is 1.21 bits per heavy atom. The van der Waals surface area contributed by atoms with E-state index in [9.17, 15) is 13.2 Å². The van der Waals surface area contributed by atoms with E-state index in [2.05, 4.69) is 24.1 Å². The molecule has 2 heterocycles. The van der Waals surface area contributed by atoms with Gasteiger partial charge in [0.1, 0.15) is 4.90 Å². The lowest BCUT2D eigenvalue weighted by atomic mass is 9.97. The number of amides is 1. The molecule has 0 atom stereocenters. The second kappa shape index (κ2) is 11.5. The van der Waals surface area contributed by atoms with Crippen LogP contribution in [0.25, 0.3) is 0 Å². The van der Waals surface area contributed by atoms with Gasteiger partial charge in [-0.05, 0) is 55.0 Å². The average Bonchev–Trinajstić information content (AvgIpc) is 2.83. The number of carbonyl (C=O) groups is 1. The Hall–Kier alpha value is -2.65. The molecule has 0 unspecified atom stereocenters. The maximum atomic E-state index is 12.7. The zero-order chi connectivity index (χ0) is 23.8. The van der Waals surface area contributed by atoms with Crippen molar-refractivity contribution >= 4 is 15.9 Å². The number of nitrogens with zero attached hydrogens (tertiary/aromatic N) is 2. The molecule has 1 aliphatic rings. The molecule has 9 heteroatoms. The number of carbonyl (C=O) groups excluding carboxylic acids is 1. The summed E-state index contributed by atoms with van der Waals surface area (Å²) in [6, 6.07) is 8.79. The lowest BCUT2D eigenvalue weighted by Gasteiger charge is -2.30. The molecule has 1 saturated heterocycles. The lowest BCUT2D eigenvalue weighted by molar-refractivity contribution is -0.126. The summed E-state index contributed by atoms with van der Waals surface area (Å²) < 4.78 is 38.1. The number of hydrogen-bond donors (Lipinski definition) is 1. The summed E-state index contributed by atoms with van der Waals surface area (Å²) in [5.74, 6) is 1.61. The zero-order valence-corrected chi connectivity index (χ0v) is 20.3. The van der Waals surface area contributed by atoms with E-state index in [4.69, 9.17) is 9.47 Å². The van der Waals surface area contributed by atoms with Crippen molar-refractivity contribution in [2.75, 3.05) is 26.8 Å². The Labute approximate surface area is 196 Å². The number of benzene rings is 1. The van der Waals surface area contributed by atoms with Gasteiger partial charge < -0.3 is 14.8 Å². The van der Waals surface area contributed by atoms with Crippen molar-refractivity contribution in [2.45, 2.75) is 44.6 Å². The topological polar surface area (TPSA) is 97.8 Å². The highest BCUT2D eigenvalue weighted by atomic mass is 32.2. The Balaban J connectivity index is 1.50. The molecule has 0 radical (unpaired) electrons. The maximum Gasteiger partial charge on any atom is 0.244 e. The summed E-state index contributed by atoms with van der Waals surface area (Å²) in [4.78, 5) is 16.8. The van der Waals surface area contributed by atoms with Gasteiger partial charge in [0.2, 0.25) is 15.9 Å². The van der Waals surface area contributed by atoms with Crippen molar-refractivity contribution in [1.82, 2.24) is 14.6 Å². The fourth-order valence-electron chi connectivity index (χ4n) is 3.69. The summed E-state index contributed by atoms with van der Waals surface area (Å²) in [6.45, 7) is 5.91. The van der Waals surface area contributed by atoms with Crippen molar-refractivity contribution in [3.8, 4) is 11.5 Å². The van der Waals surface area contributed by atoms with Crippen molar-refractivity contribution in [3.63, 3.8) is 0 Å². The molecule has 33 heavy (non-hydrogen) atoms. The van der Waals surface area contributed by atoms with Crippen LogP contribution in [0.15, 0.2) is 47.6 Å². The van der Waals surface area contributed by atoms with E-state index in [0.29, 0.717) is 56.5 Å². The van der Waals surface area contributed by atoms with Gasteiger partial charge in [0.15, 0.2) is 11.5 Å². The number of methoxy groups -OCH3 is 1. The third-order valence-corrected chi connectivity index (χ3v) is 7.63. The van der Waals surface area contributed by atoms with Gasteiger partial charge in [0.25, 0.3) is 0 Å². The first-order chi connectivity index (χ1) is 15.8. The first-order valence-electron chi connectivity index (χ1n) is 11.3. The summed E-state index contributed by atoms with van der Waals surface area (Å²) in [5, 5.41) is 2.97. The van der Waals surface area contributed by atoms with E-state index in [1.807, 2.05) is 18.2 Å². The second-order valence-electron chi connectivity index (χ2n) is 8.60. The largest absolute Gasteiger partial charge is 0.493 e. The molecule has 2 aromatic rings. The van der Waals surface area contributed by atoms with Crippen LogP contribution < -0.4 is 14.8 Å². The van der Waals surface area contributed by atoms with Crippen molar-refractivity contribution < 1.29 is 22.7 Å². The van der Waals surface area contributed by atoms with Crippen molar-refractivity contribution in [1.29, 1.82) is 0 Å². The highest BCUT2D eigenvalue weighted by Gasteiger charge is 2.32. The monoisotopic (exact) mass is 475 g/mol.